The summed E-state index contributed by atoms with van der Waals surface area (Å²) in [4.78, 5) is 7.60. The Labute approximate surface area is 170 Å². The van der Waals surface area contributed by atoms with E-state index in [9.17, 15) is 8.42 Å². The average Bonchev–Trinajstić information content (AvgIpc) is 3.33. The summed E-state index contributed by atoms with van der Waals surface area (Å²) in [6.07, 6.45) is 1.09. The Hall–Kier alpha value is -1.33. The van der Waals surface area contributed by atoms with Crippen molar-refractivity contribution in [3.8, 4) is 10.7 Å². The smallest absolute Gasteiger partial charge is 0.282 e. The van der Waals surface area contributed by atoms with Crippen LogP contribution in [-0.4, -0.2) is 71.3 Å². The normalized spacial score (nSPS) is 25.9. The Kier molecular flexibility index (Phi) is 5.84. The third-order valence-corrected chi connectivity index (χ3v) is 8.22. The molecule has 2 aromatic rings. The van der Waals surface area contributed by atoms with E-state index in [2.05, 4.69) is 28.9 Å². The monoisotopic (exact) mass is 425 g/mol. The molecule has 28 heavy (non-hydrogen) atoms. The molecule has 0 spiro atoms. The number of thiophene rings is 1. The zero-order chi connectivity index (χ0) is 19.7. The van der Waals surface area contributed by atoms with Gasteiger partial charge in [-0.2, -0.15) is 22.0 Å². The largest absolute Gasteiger partial charge is 0.338 e. The molecule has 4 heterocycles. The molecule has 2 fully saturated rings. The molecule has 2 unspecified atom stereocenters. The molecule has 2 aromatic heterocycles. The van der Waals surface area contributed by atoms with Crippen molar-refractivity contribution in [2.45, 2.75) is 26.8 Å². The maximum atomic E-state index is 13.0. The fraction of sp³-hybridized carbons (Fsp3) is 0.667. The molecule has 0 bridgehead atoms. The fourth-order valence-corrected chi connectivity index (χ4v) is 6.58. The van der Waals surface area contributed by atoms with Crippen LogP contribution in [0.25, 0.3) is 10.7 Å². The quantitative estimate of drug-likeness (QED) is 0.730. The highest BCUT2D eigenvalue weighted by Gasteiger charge is 2.36. The number of hydrogen-bond donors (Lipinski definition) is 0. The fourth-order valence-electron chi connectivity index (χ4n) is 4.09. The highest BCUT2D eigenvalue weighted by Crippen LogP contribution is 2.26. The van der Waals surface area contributed by atoms with E-state index in [0.717, 1.165) is 11.3 Å². The predicted molar refractivity (Wildman–Crippen MR) is 108 cm³/mol. The van der Waals surface area contributed by atoms with Gasteiger partial charge < -0.3 is 4.52 Å². The Bertz CT molecular complexity index is 865. The average molecular weight is 426 g/mol. The molecule has 0 radical (unpaired) electrons. The van der Waals surface area contributed by atoms with Crippen LogP contribution >= 0.6 is 11.3 Å². The van der Waals surface area contributed by atoms with Crippen LogP contribution in [0.1, 0.15) is 26.2 Å². The first kappa shape index (κ1) is 20.0. The van der Waals surface area contributed by atoms with Crippen LogP contribution in [0, 0.1) is 11.8 Å². The third-order valence-electron chi connectivity index (χ3n) is 5.39. The van der Waals surface area contributed by atoms with Crippen LogP contribution in [0.2, 0.25) is 0 Å². The lowest BCUT2D eigenvalue weighted by atomic mass is 9.94. The zero-order valence-electron chi connectivity index (χ0n) is 16.3. The van der Waals surface area contributed by atoms with Crippen molar-refractivity contribution in [3.05, 3.63) is 23.4 Å². The Morgan fingerprint density at radius 1 is 1.14 bits per heavy atom. The maximum absolute atomic E-state index is 13.0. The first-order valence-electron chi connectivity index (χ1n) is 9.76. The van der Waals surface area contributed by atoms with E-state index in [1.807, 2.05) is 17.5 Å². The summed E-state index contributed by atoms with van der Waals surface area (Å²) in [6, 6.07) is 3.92. The molecule has 0 aromatic carbocycles. The van der Waals surface area contributed by atoms with Gasteiger partial charge in [-0.3, -0.25) is 4.90 Å². The van der Waals surface area contributed by atoms with Gasteiger partial charge in [0.2, 0.25) is 11.7 Å². The van der Waals surface area contributed by atoms with Crippen molar-refractivity contribution in [1.82, 2.24) is 23.7 Å². The summed E-state index contributed by atoms with van der Waals surface area (Å²) in [6.45, 7) is 8.37. The van der Waals surface area contributed by atoms with Crippen molar-refractivity contribution < 1.29 is 12.9 Å². The minimum absolute atomic E-state index is 0.412. The van der Waals surface area contributed by atoms with Gasteiger partial charge in [0.05, 0.1) is 11.4 Å². The van der Waals surface area contributed by atoms with Crippen molar-refractivity contribution in [1.29, 1.82) is 0 Å². The summed E-state index contributed by atoms with van der Waals surface area (Å²) in [5.41, 5.74) is 0. The molecule has 0 saturated carbocycles. The summed E-state index contributed by atoms with van der Waals surface area (Å²) in [5, 5.41) is 6.02. The van der Waals surface area contributed by atoms with Gasteiger partial charge in [-0.15, -0.1) is 11.3 Å². The molecule has 10 heteroatoms. The van der Waals surface area contributed by atoms with E-state index in [-0.39, 0.29) is 0 Å². The summed E-state index contributed by atoms with van der Waals surface area (Å²) >= 11 is 1.58. The van der Waals surface area contributed by atoms with Gasteiger partial charge in [-0.1, -0.05) is 25.1 Å². The molecule has 2 saturated heterocycles. The van der Waals surface area contributed by atoms with E-state index in [0.29, 0.717) is 69.4 Å². The van der Waals surface area contributed by atoms with E-state index in [1.165, 1.54) is 0 Å². The minimum atomic E-state index is -3.38. The molecule has 2 atom stereocenters. The molecule has 2 aliphatic rings. The van der Waals surface area contributed by atoms with Gasteiger partial charge >= 0.3 is 0 Å². The summed E-state index contributed by atoms with van der Waals surface area (Å²) in [7, 11) is -3.38. The number of piperidine rings is 1. The van der Waals surface area contributed by atoms with Crippen LogP contribution in [0.5, 0.6) is 0 Å². The predicted octanol–water partition coefficient (Wildman–Crippen LogP) is 2.14. The second-order valence-electron chi connectivity index (χ2n) is 7.94. The zero-order valence-corrected chi connectivity index (χ0v) is 18.0. The summed E-state index contributed by atoms with van der Waals surface area (Å²) in [5.74, 6) is 2.00. The first-order valence-corrected chi connectivity index (χ1v) is 12.0. The molecular weight excluding hydrogens is 398 g/mol. The van der Waals surface area contributed by atoms with Crippen molar-refractivity contribution in [2.75, 3.05) is 39.3 Å². The van der Waals surface area contributed by atoms with Crippen molar-refractivity contribution in [3.63, 3.8) is 0 Å². The van der Waals surface area contributed by atoms with Crippen LogP contribution < -0.4 is 0 Å². The van der Waals surface area contributed by atoms with E-state index >= 15 is 0 Å². The van der Waals surface area contributed by atoms with Crippen molar-refractivity contribution in [2.24, 2.45) is 11.8 Å². The molecule has 0 aliphatic carbocycles. The molecular formula is C18H27N5O3S2. The second-order valence-corrected chi connectivity index (χ2v) is 10.8. The first-order chi connectivity index (χ1) is 13.4. The van der Waals surface area contributed by atoms with Gasteiger partial charge in [-0.05, 0) is 29.7 Å². The minimum Gasteiger partial charge on any atom is -0.338 e. The van der Waals surface area contributed by atoms with Crippen molar-refractivity contribution >= 4 is 21.5 Å². The van der Waals surface area contributed by atoms with Crippen LogP contribution in [0.3, 0.4) is 0 Å². The van der Waals surface area contributed by atoms with Gasteiger partial charge in [0.25, 0.3) is 10.2 Å². The van der Waals surface area contributed by atoms with Crippen LogP contribution in [0.15, 0.2) is 22.0 Å². The topological polar surface area (TPSA) is 82.8 Å². The second kappa shape index (κ2) is 8.19. The standard InChI is InChI=1S/C18H27N5O3S2/c1-14-10-15(2)12-23(11-14)28(24,25)22-7-5-21(6-8-22)13-17-19-18(20-26-17)16-4-3-9-27-16/h3-4,9,14-15H,5-8,10-13H2,1-2H3. The Balaban J connectivity index is 1.33. The van der Waals surface area contributed by atoms with Gasteiger partial charge in [0.15, 0.2) is 0 Å². The molecule has 4 rings (SSSR count). The molecule has 8 nitrogen and oxygen atoms in total. The molecule has 2 aliphatic heterocycles. The number of hydrogen-bond acceptors (Lipinski definition) is 7. The highest BCUT2D eigenvalue weighted by molar-refractivity contribution is 7.86. The maximum Gasteiger partial charge on any atom is 0.282 e. The lowest BCUT2D eigenvalue weighted by molar-refractivity contribution is 0.150. The van der Waals surface area contributed by atoms with E-state index in [4.69, 9.17) is 4.52 Å². The molecule has 154 valence electrons. The SMILES string of the molecule is CC1CC(C)CN(S(=O)(=O)N2CCN(Cc3nc(-c4cccs4)no3)CC2)C1. The number of aromatic nitrogens is 2. The van der Waals surface area contributed by atoms with E-state index in [1.54, 1.807) is 19.9 Å². The highest BCUT2D eigenvalue weighted by atomic mass is 32.2. The summed E-state index contributed by atoms with van der Waals surface area (Å²) < 4.78 is 34.7. The third kappa shape index (κ3) is 4.30. The number of rotatable bonds is 5. The van der Waals surface area contributed by atoms with Gasteiger partial charge in [-0.25, -0.2) is 0 Å². The number of nitrogens with zero attached hydrogens (tertiary/aromatic N) is 5. The van der Waals surface area contributed by atoms with Crippen LogP contribution in [-0.2, 0) is 16.8 Å². The Morgan fingerprint density at radius 3 is 2.50 bits per heavy atom. The molecule has 0 amide bonds. The Morgan fingerprint density at radius 2 is 1.86 bits per heavy atom. The van der Waals surface area contributed by atoms with Gasteiger partial charge in [0, 0.05) is 39.3 Å². The molecule has 0 N–H and O–H groups in total. The van der Waals surface area contributed by atoms with Crippen LogP contribution in [0.4, 0.5) is 0 Å². The van der Waals surface area contributed by atoms with E-state index < -0.39 is 10.2 Å². The lowest BCUT2D eigenvalue weighted by Gasteiger charge is -2.40. The lowest BCUT2D eigenvalue weighted by Crippen LogP contribution is -2.55. The van der Waals surface area contributed by atoms with Gasteiger partial charge in [0.1, 0.15) is 0 Å². The number of piperazine rings is 1.